The Morgan fingerprint density at radius 3 is 3.10 bits per heavy atom. The van der Waals surface area contributed by atoms with Crippen molar-refractivity contribution in [2.45, 2.75) is 5.92 Å². The number of pyridine rings is 1. The van der Waals surface area contributed by atoms with E-state index in [1.54, 1.807) is 19.4 Å². The lowest BCUT2D eigenvalue weighted by molar-refractivity contribution is -0.122. The predicted molar refractivity (Wildman–Crippen MR) is 70.8 cm³/mol. The Hall–Kier alpha value is -2.28. The number of nitrogens with zero attached hydrogens (tertiary/aromatic N) is 4. The van der Waals surface area contributed by atoms with Gasteiger partial charge < -0.3 is 9.84 Å². The fourth-order valence-corrected chi connectivity index (χ4v) is 2.15. The van der Waals surface area contributed by atoms with Crippen molar-refractivity contribution in [2.24, 2.45) is 0 Å². The maximum Gasteiger partial charge on any atom is 0.233 e. The molecule has 104 valence electrons. The third kappa shape index (κ3) is 2.53. The highest BCUT2D eigenvalue weighted by Gasteiger charge is 2.33. The summed E-state index contributed by atoms with van der Waals surface area (Å²) in [6.07, 6.45) is 3.40. The van der Waals surface area contributed by atoms with Crippen LogP contribution < -0.4 is 5.32 Å². The molecule has 0 bridgehead atoms. The maximum atomic E-state index is 11.2. The lowest BCUT2D eigenvalue weighted by Crippen LogP contribution is -2.49. The maximum absolute atomic E-state index is 11.2. The van der Waals surface area contributed by atoms with E-state index >= 15 is 0 Å². The third-order valence-corrected chi connectivity index (χ3v) is 3.31. The fourth-order valence-electron chi connectivity index (χ4n) is 2.15. The summed E-state index contributed by atoms with van der Waals surface area (Å²) < 4.78 is 5.29. The molecule has 0 aliphatic carbocycles. The van der Waals surface area contributed by atoms with Crippen LogP contribution in [0.5, 0.6) is 0 Å². The lowest BCUT2D eigenvalue weighted by atomic mass is 10.0. The Bertz CT molecular complexity index is 592. The van der Waals surface area contributed by atoms with Gasteiger partial charge in [-0.15, -0.1) is 0 Å². The average Bonchev–Trinajstić information content (AvgIpc) is 2.92. The minimum atomic E-state index is 0.0185. The molecule has 7 nitrogen and oxygen atoms in total. The molecule has 2 aromatic rings. The van der Waals surface area contributed by atoms with Crippen LogP contribution in [0.1, 0.15) is 11.8 Å². The molecule has 1 saturated heterocycles. The van der Waals surface area contributed by atoms with Crippen LogP contribution in [0.4, 0.5) is 0 Å². The molecular formula is C13H15N5O2. The number of aromatic nitrogens is 3. The molecule has 0 saturated carbocycles. The number of nitrogens with one attached hydrogen (secondary N) is 1. The molecule has 3 rings (SSSR count). The summed E-state index contributed by atoms with van der Waals surface area (Å²) >= 11 is 0. The molecule has 3 heterocycles. The van der Waals surface area contributed by atoms with E-state index in [4.69, 9.17) is 4.52 Å². The van der Waals surface area contributed by atoms with Gasteiger partial charge in [-0.2, -0.15) is 4.98 Å². The van der Waals surface area contributed by atoms with E-state index < -0.39 is 0 Å². The molecule has 0 aromatic carbocycles. The monoisotopic (exact) mass is 273 g/mol. The highest BCUT2D eigenvalue weighted by atomic mass is 16.5. The molecule has 7 heteroatoms. The number of hydrogen-bond donors (Lipinski definition) is 1. The largest absolute Gasteiger partial charge is 0.358 e. The third-order valence-electron chi connectivity index (χ3n) is 3.31. The van der Waals surface area contributed by atoms with Crippen LogP contribution in [0, 0.1) is 0 Å². The zero-order valence-electron chi connectivity index (χ0n) is 11.1. The number of likely N-dealkylation sites (tertiary alicyclic amines) is 1. The van der Waals surface area contributed by atoms with Crippen LogP contribution >= 0.6 is 0 Å². The standard InChI is InChI=1S/C13H15N5O2/c1-14-11(19)8-18-6-10(7-18)13-16-12(17-20-13)9-3-2-4-15-5-9/h2-5,10H,6-8H2,1H3,(H,14,19). The van der Waals surface area contributed by atoms with E-state index in [1.165, 1.54) is 0 Å². The Kier molecular flexibility index (Phi) is 3.42. The first kappa shape index (κ1) is 12.7. The van der Waals surface area contributed by atoms with Gasteiger partial charge in [-0.1, -0.05) is 5.16 Å². The summed E-state index contributed by atoms with van der Waals surface area (Å²) in [6.45, 7) is 1.95. The molecule has 1 N–H and O–H groups in total. The summed E-state index contributed by atoms with van der Waals surface area (Å²) in [5.74, 6) is 1.40. The zero-order chi connectivity index (χ0) is 13.9. The molecule has 1 amide bonds. The first-order valence-electron chi connectivity index (χ1n) is 6.43. The van der Waals surface area contributed by atoms with Gasteiger partial charge in [-0.05, 0) is 12.1 Å². The highest BCUT2D eigenvalue weighted by Crippen LogP contribution is 2.26. The van der Waals surface area contributed by atoms with Crippen molar-refractivity contribution in [3.8, 4) is 11.4 Å². The van der Waals surface area contributed by atoms with Crippen LogP contribution in [0.3, 0.4) is 0 Å². The number of carbonyl (C=O) groups excluding carboxylic acids is 1. The second-order valence-corrected chi connectivity index (χ2v) is 4.76. The summed E-state index contributed by atoms with van der Waals surface area (Å²) in [4.78, 5) is 21.7. The first-order valence-corrected chi connectivity index (χ1v) is 6.43. The summed E-state index contributed by atoms with van der Waals surface area (Å²) in [7, 11) is 1.64. The molecule has 1 aliphatic rings. The molecule has 20 heavy (non-hydrogen) atoms. The van der Waals surface area contributed by atoms with Gasteiger partial charge in [0.15, 0.2) is 0 Å². The number of carbonyl (C=O) groups is 1. The van der Waals surface area contributed by atoms with E-state index in [1.807, 2.05) is 17.0 Å². The normalized spacial score (nSPS) is 15.8. The SMILES string of the molecule is CNC(=O)CN1CC(c2nc(-c3cccnc3)no2)C1. The van der Waals surface area contributed by atoms with Crippen LogP contribution in [0.25, 0.3) is 11.4 Å². The van der Waals surface area contributed by atoms with E-state index in [2.05, 4.69) is 20.4 Å². The fraction of sp³-hybridized carbons (Fsp3) is 0.385. The van der Waals surface area contributed by atoms with Gasteiger partial charge in [0, 0.05) is 38.1 Å². The van der Waals surface area contributed by atoms with Crippen LogP contribution in [0.15, 0.2) is 29.0 Å². The van der Waals surface area contributed by atoms with Crippen molar-refractivity contribution in [3.63, 3.8) is 0 Å². The van der Waals surface area contributed by atoms with Gasteiger partial charge in [0.05, 0.1) is 12.5 Å². The van der Waals surface area contributed by atoms with E-state index in [0.29, 0.717) is 18.3 Å². The smallest absolute Gasteiger partial charge is 0.233 e. The van der Waals surface area contributed by atoms with E-state index in [0.717, 1.165) is 18.7 Å². The van der Waals surface area contributed by atoms with Gasteiger partial charge in [-0.3, -0.25) is 14.7 Å². The molecule has 0 radical (unpaired) electrons. The van der Waals surface area contributed by atoms with Crippen LogP contribution in [0.2, 0.25) is 0 Å². The minimum absolute atomic E-state index is 0.0185. The van der Waals surface area contributed by atoms with Gasteiger partial charge in [0.25, 0.3) is 0 Å². The van der Waals surface area contributed by atoms with Gasteiger partial charge in [0.1, 0.15) is 0 Å². The molecule has 0 unspecified atom stereocenters. The molecule has 0 atom stereocenters. The second kappa shape index (κ2) is 5.38. The Labute approximate surface area is 116 Å². The van der Waals surface area contributed by atoms with Crippen LogP contribution in [-0.2, 0) is 4.79 Å². The zero-order valence-corrected chi connectivity index (χ0v) is 11.1. The van der Waals surface area contributed by atoms with Crippen molar-refractivity contribution in [2.75, 3.05) is 26.7 Å². The van der Waals surface area contributed by atoms with Crippen molar-refractivity contribution in [1.29, 1.82) is 0 Å². The lowest BCUT2D eigenvalue weighted by Gasteiger charge is -2.36. The molecule has 0 spiro atoms. The number of amides is 1. The quantitative estimate of drug-likeness (QED) is 0.861. The van der Waals surface area contributed by atoms with Crippen molar-refractivity contribution in [3.05, 3.63) is 30.4 Å². The van der Waals surface area contributed by atoms with Gasteiger partial charge >= 0.3 is 0 Å². The summed E-state index contributed by atoms with van der Waals surface area (Å²) in [6, 6.07) is 3.72. The van der Waals surface area contributed by atoms with Crippen LogP contribution in [-0.4, -0.2) is 52.6 Å². The average molecular weight is 273 g/mol. The van der Waals surface area contributed by atoms with E-state index in [-0.39, 0.29) is 11.8 Å². The van der Waals surface area contributed by atoms with E-state index in [9.17, 15) is 4.79 Å². The number of rotatable bonds is 4. The van der Waals surface area contributed by atoms with Gasteiger partial charge in [-0.25, -0.2) is 0 Å². The predicted octanol–water partition coefficient (Wildman–Crippen LogP) is 0.277. The van der Waals surface area contributed by atoms with Crippen molar-refractivity contribution in [1.82, 2.24) is 25.3 Å². The summed E-state index contributed by atoms with van der Waals surface area (Å²) in [5.41, 5.74) is 0.837. The summed E-state index contributed by atoms with van der Waals surface area (Å²) in [5, 5.41) is 6.57. The molecular weight excluding hydrogens is 258 g/mol. The topological polar surface area (TPSA) is 84.2 Å². The first-order chi connectivity index (χ1) is 9.76. The molecule has 1 fully saturated rings. The Morgan fingerprint density at radius 2 is 2.40 bits per heavy atom. The number of likely N-dealkylation sites (N-methyl/N-ethyl adjacent to an activating group) is 1. The van der Waals surface area contributed by atoms with Crippen molar-refractivity contribution < 1.29 is 9.32 Å². The number of hydrogen-bond acceptors (Lipinski definition) is 6. The van der Waals surface area contributed by atoms with Gasteiger partial charge in [0.2, 0.25) is 17.6 Å². The van der Waals surface area contributed by atoms with Crippen molar-refractivity contribution >= 4 is 5.91 Å². The molecule has 2 aromatic heterocycles. The Morgan fingerprint density at radius 1 is 1.55 bits per heavy atom. The highest BCUT2D eigenvalue weighted by molar-refractivity contribution is 5.77. The minimum Gasteiger partial charge on any atom is -0.358 e. The second-order valence-electron chi connectivity index (χ2n) is 4.76. The Balaban J connectivity index is 1.61. The molecule has 1 aliphatic heterocycles.